The molecule has 1 amide bonds. The second kappa shape index (κ2) is 12.8. The molecule has 6 nitrogen and oxygen atoms in total. The Labute approximate surface area is 253 Å². The fraction of sp³-hybridized carbons (Fsp3) is 0.310. The SMILES string of the molecule is O=C(NC1CCCC(c2ccc(Cl)cc2)C1)c1ccc(Oc2cc3c(cc2Cl)C(C(=O)[O-])CCO3)cc1.[Na+]. The van der Waals surface area contributed by atoms with Gasteiger partial charge in [-0.2, -0.15) is 0 Å². The molecule has 5 rings (SSSR count). The van der Waals surface area contributed by atoms with Crippen molar-refractivity contribution in [3.63, 3.8) is 0 Å². The first-order valence-electron chi connectivity index (χ1n) is 12.4. The van der Waals surface area contributed by atoms with Gasteiger partial charge in [0.05, 0.1) is 11.6 Å². The first kappa shape index (κ1) is 28.8. The predicted octanol–water partition coefficient (Wildman–Crippen LogP) is 2.86. The van der Waals surface area contributed by atoms with Crippen molar-refractivity contribution in [1.82, 2.24) is 5.32 Å². The molecule has 3 atom stereocenters. The van der Waals surface area contributed by atoms with E-state index in [0.717, 1.165) is 30.7 Å². The Morgan fingerprint density at radius 3 is 2.42 bits per heavy atom. The van der Waals surface area contributed by atoms with Gasteiger partial charge in [0.2, 0.25) is 0 Å². The Hall–Kier alpha value is -2.22. The van der Waals surface area contributed by atoms with Crippen molar-refractivity contribution < 1.29 is 53.7 Å². The van der Waals surface area contributed by atoms with Gasteiger partial charge in [0.15, 0.2) is 0 Å². The molecule has 0 saturated heterocycles. The van der Waals surface area contributed by atoms with Crippen LogP contribution in [0.25, 0.3) is 0 Å². The summed E-state index contributed by atoms with van der Waals surface area (Å²) in [7, 11) is 0. The number of nitrogens with one attached hydrogen (secondary N) is 1. The van der Waals surface area contributed by atoms with Crippen molar-refractivity contribution in [3.05, 3.63) is 87.4 Å². The monoisotopic (exact) mass is 561 g/mol. The molecule has 1 aliphatic carbocycles. The summed E-state index contributed by atoms with van der Waals surface area (Å²) < 4.78 is 11.5. The zero-order chi connectivity index (χ0) is 25.9. The van der Waals surface area contributed by atoms with Crippen LogP contribution in [0.15, 0.2) is 60.7 Å². The summed E-state index contributed by atoms with van der Waals surface area (Å²) in [6.07, 6.45) is 4.34. The number of hydrogen-bond acceptors (Lipinski definition) is 5. The Morgan fingerprint density at radius 2 is 1.71 bits per heavy atom. The van der Waals surface area contributed by atoms with Gasteiger partial charge in [-0.05, 0) is 79.6 Å². The molecule has 3 aromatic carbocycles. The van der Waals surface area contributed by atoms with Gasteiger partial charge >= 0.3 is 29.6 Å². The average Bonchev–Trinajstić information content (AvgIpc) is 2.89. The molecular weight excluding hydrogens is 536 g/mol. The third kappa shape index (κ3) is 6.67. The molecule has 2 aliphatic rings. The van der Waals surface area contributed by atoms with Crippen LogP contribution in [0.3, 0.4) is 0 Å². The standard InChI is InChI=1S/C29H27Cl2NO5.Na/c30-20-8-4-17(5-9-20)19-2-1-3-21(14-19)32-28(33)18-6-10-22(11-7-18)37-27-16-26-24(15-25(27)31)23(29(34)35)12-13-36-26;/h4-11,15-16,19,21,23H,1-3,12-14H2,(H,32,33)(H,34,35);/q;+1/p-1. The molecule has 1 N–H and O–H groups in total. The first-order valence-corrected chi connectivity index (χ1v) is 13.1. The average molecular weight is 562 g/mol. The maximum Gasteiger partial charge on any atom is 1.00 e. The van der Waals surface area contributed by atoms with Crippen LogP contribution in [-0.4, -0.2) is 24.5 Å². The van der Waals surface area contributed by atoms with Crippen molar-refractivity contribution in [1.29, 1.82) is 0 Å². The van der Waals surface area contributed by atoms with Crippen LogP contribution < -0.4 is 49.5 Å². The molecule has 0 radical (unpaired) electrons. The van der Waals surface area contributed by atoms with Crippen molar-refractivity contribution in [2.24, 2.45) is 0 Å². The van der Waals surface area contributed by atoms with Crippen LogP contribution >= 0.6 is 23.2 Å². The maximum atomic E-state index is 12.9. The van der Waals surface area contributed by atoms with Crippen molar-refractivity contribution in [3.8, 4) is 17.2 Å². The van der Waals surface area contributed by atoms with E-state index in [1.54, 1.807) is 36.4 Å². The molecule has 0 bridgehead atoms. The minimum atomic E-state index is -1.16. The molecule has 1 saturated carbocycles. The quantitative estimate of drug-likeness (QED) is 0.467. The number of fused-ring (bicyclic) bond motifs is 1. The normalized spacial score (nSPS) is 20.3. The van der Waals surface area contributed by atoms with E-state index in [0.29, 0.717) is 40.7 Å². The third-order valence-electron chi connectivity index (χ3n) is 7.08. The van der Waals surface area contributed by atoms with Crippen molar-refractivity contribution >= 4 is 35.1 Å². The Bertz CT molecular complexity index is 1300. The van der Waals surface area contributed by atoms with Crippen LogP contribution in [0.5, 0.6) is 17.2 Å². The number of benzene rings is 3. The topological polar surface area (TPSA) is 87.7 Å². The molecular formula is C29H26Cl2NNaO5. The van der Waals surface area contributed by atoms with Gasteiger partial charge in [-0.25, -0.2) is 0 Å². The number of ether oxygens (including phenoxy) is 2. The van der Waals surface area contributed by atoms with Crippen molar-refractivity contribution in [2.45, 2.75) is 50.0 Å². The van der Waals surface area contributed by atoms with Crippen molar-refractivity contribution in [2.75, 3.05) is 6.61 Å². The van der Waals surface area contributed by atoms with E-state index in [-0.39, 0.29) is 53.1 Å². The van der Waals surface area contributed by atoms with E-state index >= 15 is 0 Å². The number of carbonyl (C=O) groups excluding carboxylic acids is 2. The van der Waals surface area contributed by atoms with E-state index in [1.807, 2.05) is 12.1 Å². The number of hydrogen-bond donors (Lipinski definition) is 1. The smallest absolute Gasteiger partial charge is 0.549 e. The van der Waals surface area contributed by atoms with E-state index in [4.69, 9.17) is 32.7 Å². The van der Waals surface area contributed by atoms with E-state index in [9.17, 15) is 14.7 Å². The molecule has 1 aliphatic heterocycles. The minimum Gasteiger partial charge on any atom is -0.549 e. The maximum absolute atomic E-state index is 12.9. The van der Waals surface area contributed by atoms with Crippen LogP contribution in [0.2, 0.25) is 10.0 Å². The molecule has 3 unspecified atom stereocenters. The van der Waals surface area contributed by atoms with E-state index < -0.39 is 11.9 Å². The molecule has 1 fully saturated rings. The third-order valence-corrected chi connectivity index (χ3v) is 7.63. The summed E-state index contributed by atoms with van der Waals surface area (Å²) in [5.41, 5.74) is 2.28. The van der Waals surface area contributed by atoms with E-state index in [2.05, 4.69) is 17.4 Å². The summed E-state index contributed by atoms with van der Waals surface area (Å²) in [4.78, 5) is 24.3. The number of carboxylic acids is 1. The molecule has 3 aromatic rings. The first-order chi connectivity index (χ1) is 17.9. The van der Waals surface area contributed by atoms with Crippen LogP contribution in [0.1, 0.15) is 65.4 Å². The summed E-state index contributed by atoms with van der Waals surface area (Å²) >= 11 is 12.4. The van der Waals surface area contributed by atoms with E-state index in [1.165, 1.54) is 5.56 Å². The molecule has 192 valence electrons. The number of carboxylic acid groups (broad SMARTS) is 1. The Morgan fingerprint density at radius 1 is 0.974 bits per heavy atom. The zero-order valence-electron chi connectivity index (χ0n) is 21.0. The Kier molecular flexibility index (Phi) is 9.66. The fourth-order valence-electron chi connectivity index (χ4n) is 5.14. The van der Waals surface area contributed by atoms with Gasteiger partial charge in [0.25, 0.3) is 5.91 Å². The summed E-state index contributed by atoms with van der Waals surface area (Å²) in [5, 5.41) is 15.6. The van der Waals surface area contributed by atoms with Crippen LogP contribution in [0.4, 0.5) is 0 Å². The fourth-order valence-corrected chi connectivity index (χ4v) is 5.48. The zero-order valence-corrected chi connectivity index (χ0v) is 24.6. The summed E-state index contributed by atoms with van der Waals surface area (Å²) in [6, 6.07) is 18.0. The number of rotatable bonds is 6. The molecule has 9 heteroatoms. The van der Waals surface area contributed by atoms with Crippen LogP contribution in [-0.2, 0) is 4.79 Å². The minimum absolute atomic E-state index is 0. The number of carbonyl (C=O) groups is 2. The molecule has 1 heterocycles. The van der Waals surface area contributed by atoms with Gasteiger partial charge < -0.3 is 24.7 Å². The second-order valence-corrected chi connectivity index (χ2v) is 10.4. The van der Waals surface area contributed by atoms with Gasteiger partial charge in [-0.15, -0.1) is 0 Å². The second-order valence-electron chi connectivity index (χ2n) is 9.54. The number of halogens is 2. The molecule has 38 heavy (non-hydrogen) atoms. The number of aliphatic carboxylic acids is 1. The van der Waals surface area contributed by atoms with Crippen LogP contribution in [0, 0.1) is 0 Å². The molecule has 0 aromatic heterocycles. The Balaban J connectivity index is 0.00000336. The molecule has 0 spiro atoms. The number of amides is 1. The van der Waals surface area contributed by atoms with Gasteiger partial charge in [-0.1, -0.05) is 41.8 Å². The van der Waals surface area contributed by atoms with Gasteiger partial charge in [0, 0.05) is 40.1 Å². The summed E-state index contributed by atoms with van der Waals surface area (Å²) in [6.45, 7) is 0.276. The predicted molar refractivity (Wildman–Crippen MR) is 140 cm³/mol. The largest absolute Gasteiger partial charge is 1.00 e. The summed E-state index contributed by atoms with van der Waals surface area (Å²) in [5.74, 6) is -0.393. The van der Waals surface area contributed by atoms with Gasteiger partial charge in [0.1, 0.15) is 17.2 Å². The van der Waals surface area contributed by atoms with Gasteiger partial charge in [-0.3, -0.25) is 4.79 Å².